The van der Waals surface area contributed by atoms with Gasteiger partial charge in [0.2, 0.25) is 5.89 Å². The molecule has 114 valence electrons. The Morgan fingerprint density at radius 3 is 2.68 bits per heavy atom. The molecule has 3 aromatic rings. The summed E-state index contributed by atoms with van der Waals surface area (Å²) in [5.74, 6) is 3.84. The van der Waals surface area contributed by atoms with Crippen molar-refractivity contribution in [2.24, 2.45) is 0 Å². The molecule has 0 amide bonds. The summed E-state index contributed by atoms with van der Waals surface area (Å²) in [5.41, 5.74) is 2.74. The van der Waals surface area contributed by atoms with E-state index >= 15 is 0 Å². The zero-order chi connectivity index (χ0) is 15.4. The molecule has 0 N–H and O–H groups in total. The maximum Gasteiger partial charge on any atom is 0.226 e. The van der Waals surface area contributed by atoms with Gasteiger partial charge in [0.1, 0.15) is 17.8 Å². The van der Waals surface area contributed by atoms with Gasteiger partial charge in [-0.3, -0.25) is 0 Å². The first-order valence-electron chi connectivity index (χ1n) is 6.83. The minimum absolute atomic E-state index is 0.619. The van der Waals surface area contributed by atoms with E-state index in [4.69, 9.17) is 13.7 Å². The predicted octanol–water partition coefficient (Wildman–Crippen LogP) is 4.08. The second-order valence-corrected chi connectivity index (χ2v) is 5.79. The van der Waals surface area contributed by atoms with Crippen molar-refractivity contribution in [1.82, 2.24) is 10.1 Å². The van der Waals surface area contributed by atoms with Crippen molar-refractivity contribution in [2.75, 3.05) is 7.11 Å². The fraction of sp³-hybridized carbons (Fsp3) is 0.250. The molecule has 0 fully saturated rings. The quantitative estimate of drug-likeness (QED) is 0.683. The standard InChI is InChI=1S/C16H16N2O3S/c1-11-7-15(21-18-11)10-22-9-13-8-20-16(17-13)12-3-5-14(19-2)6-4-12/h3-8H,9-10H2,1-2H3. The smallest absolute Gasteiger partial charge is 0.226 e. The Bertz CT molecular complexity index is 734. The third-order valence-electron chi connectivity index (χ3n) is 3.06. The van der Waals surface area contributed by atoms with Crippen LogP contribution in [0.5, 0.6) is 5.75 Å². The molecule has 1 aromatic carbocycles. The van der Waals surface area contributed by atoms with Gasteiger partial charge in [-0.05, 0) is 31.2 Å². The van der Waals surface area contributed by atoms with Gasteiger partial charge in [-0.25, -0.2) is 4.98 Å². The highest BCUT2D eigenvalue weighted by atomic mass is 32.2. The number of thioether (sulfide) groups is 1. The molecular weight excluding hydrogens is 300 g/mol. The van der Waals surface area contributed by atoms with E-state index in [2.05, 4.69) is 10.1 Å². The highest BCUT2D eigenvalue weighted by Crippen LogP contribution is 2.24. The number of aryl methyl sites for hydroxylation is 1. The molecule has 0 bridgehead atoms. The third-order valence-corrected chi connectivity index (χ3v) is 4.05. The largest absolute Gasteiger partial charge is 0.497 e. The van der Waals surface area contributed by atoms with Gasteiger partial charge in [-0.15, -0.1) is 11.8 Å². The Labute approximate surface area is 132 Å². The molecule has 2 aromatic heterocycles. The average molecular weight is 316 g/mol. The van der Waals surface area contributed by atoms with Gasteiger partial charge in [0, 0.05) is 17.4 Å². The van der Waals surface area contributed by atoms with Crippen LogP contribution in [0.3, 0.4) is 0 Å². The molecule has 5 nitrogen and oxygen atoms in total. The summed E-state index contributed by atoms with van der Waals surface area (Å²) in [7, 11) is 1.64. The molecule has 0 saturated carbocycles. The van der Waals surface area contributed by atoms with Gasteiger partial charge in [0.05, 0.1) is 24.3 Å². The molecule has 0 spiro atoms. The van der Waals surface area contributed by atoms with Gasteiger partial charge in [-0.1, -0.05) is 5.16 Å². The molecule has 0 saturated heterocycles. The number of aromatic nitrogens is 2. The number of oxazole rings is 1. The lowest BCUT2D eigenvalue weighted by Crippen LogP contribution is -1.84. The summed E-state index contributed by atoms with van der Waals surface area (Å²) in [5, 5.41) is 3.87. The van der Waals surface area contributed by atoms with Gasteiger partial charge in [0.25, 0.3) is 0 Å². The maximum atomic E-state index is 5.53. The molecule has 6 heteroatoms. The molecule has 0 unspecified atom stereocenters. The van der Waals surface area contributed by atoms with Crippen LogP contribution >= 0.6 is 11.8 Å². The molecule has 22 heavy (non-hydrogen) atoms. The Hall–Kier alpha value is -2.21. The highest BCUT2D eigenvalue weighted by molar-refractivity contribution is 7.97. The van der Waals surface area contributed by atoms with E-state index in [1.54, 1.807) is 25.1 Å². The van der Waals surface area contributed by atoms with Crippen molar-refractivity contribution in [3.05, 3.63) is 53.7 Å². The van der Waals surface area contributed by atoms with Crippen molar-refractivity contribution in [2.45, 2.75) is 18.4 Å². The van der Waals surface area contributed by atoms with Crippen LogP contribution in [-0.2, 0) is 11.5 Å². The molecular formula is C16H16N2O3S. The summed E-state index contributed by atoms with van der Waals surface area (Å²) in [6.45, 7) is 1.91. The number of benzene rings is 1. The topological polar surface area (TPSA) is 61.3 Å². The molecule has 2 heterocycles. The van der Waals surface area contributed by atoms with Gasteiger partial charge in [0.15, 0.2) is 0 Å². The van der Waals surface area contributed by atoms with Crippen LogP contribution in [0.4, 0.5) is 0 Å². The van der Waals surface area contributed by atoms with Crippen LogP contribution in [0, 0.1) is 6.92 Å². The Kier molecular flexibility index (Phi) is 4.48. The van der Waals surface area contributed by atoms with E-state index in [0.29, 0.717) is 5.89 Å². The number of ether oxygens (including phenoxy) is 1. The van der Waals surface area contributed by atoms with Gasteiger partial charge in [-0.2, -0.15) is 0 Å². The van der Waals surface area contributed by atoms with E-state index in [0.717, 1.165) is 40.0 Å². The number of hydrogen-bond acceptors (Lipinski definition) is 6. The van der Waals surface area contributed by atoms with Crippen molar-refractivity contribution < 1.29 is 13.7 Å². The zero-order valence-corrected chi connectivity index (χ0v) is 13.2. The first-order valence-corrected chi connectivity index (χ1v) is 7.99. The maximum absolute atomic E-state index is 5.53. The highest BCUT2D eigenvalue weighted by Gasteiger charge is 2.08. The summed E-state index contributed by atoms with van der Waals surface area (Å²) < 4.78 is 15.8. The van der Waals surface area contributed by atoms with E-state index in [9.17, 15) is 0 Å². The minimum Gasteiger partial charge on any atom is -0.497 e. The molecule has 0 aliphatic rings. The lowest BCUT2D eigenvalue weighted by atomic mass is 10.2. The first kappa shape index (κ1) is 14.7. The molecule has 0 aliphatic heterocycles. The Balaban J connectivity index is 1.58. The first-order chi connectivity index (χ1) is 10.7. The average Bonchev–Trinajstić information content (AvgIpc) is 3.17. The van der Waals surface area contributed by atoms with E-state index in [1.165, 1.54) is 0 Å². The molecule has 0 aliphatic carbocycles. The molecule has 0 radical (unpaired) electrons. The Morgan fingerprint density at radius 2 is 2.00 bits per heavy atom. The van der Waals surface area contributed by atoms with Crippen LogP contribution in [0.1, 0.15) is 17.1 Å². The predicted molar refractivity (Wildman–Crippen MR) is 84.7 cm³/mol. The number of nitrogens with zero attached hydrogens (tertiary/aromatic N) is 2. The van der Waals surface area contributed by atoms with Gasteiger partial charge < -0.3 is 13.7 Å². The van der Waals surface area contributed by atoms with Crippen molar-refractivity contribution in [3.63, 3.8) is 0 Å². The minimum atomic E-state index is 0.619. The summed E-state index contributed by atoms with van der Waals surface area (Å²) in [6.07, 6.45) is 1.69. The SMILES string of the molecule is COc1ccc(-c2nc(CSCc3cc(C)no3)co2)cc1. The van der Waals surface area contributed by atoms with Crippen LogP contribution in [0.2, 0.25) is 0 Å². The third kappa shape index (κ3) is 3.51. The molecule has 0 atom stereocenters. The monoisotopic (exact) mass is 316 g/mol. The number of hydrogen-bond donors (Lipinski definition) is 0. The van der Waals surface area contributed by atoms with E-state index in [1.807, 2.05) is 37.3 Å². The Morgan fingerprint density at radius 1 is 1.18 bits per heavy atom. The number of methoxy groups -OCH3 is 1. The van der Waals surface area contributed by atoms with Gasteiger partial charge >= 0.3 is 0 Å². The lowest BCUT2D eigenvalue weighted by molar-refractivity contribution is 0.391. The normalized spacial score (nSPS) is 10.8. The second-order valence-electron chi connectivity index (χ2n) is 4.80. The summed E-state index contributed by atoms with van der Waals surface area (Å²) >= 11 is 1.71. The summed E-state index contributed by atoms with van der Waals surface area (Å²) in [6, 6.07) is 9.58. The summed E-state index contributed by atoms with van der Waals surface area (Å²) in [4.78, 5) is 4.50. The van der Waals surface area contributed by atoms with Crippen LogP contribution < -0.4 is 4.74 Å². The fourth-order valence-corrected chi connectivity index (χ4v) is 2.76. The van der Waals surface area contributed by atoms with Crippen LogP contribution in [0.15, 0.2) is 45.5 Å². The van der Waals surface area contributed by atoms with Crippen LogP contribution in [-0.4, -0.2) is 17.3 Å². The van der Waals surface area contributed by atoms with Crippen molar-refractivity contribution in [1.29, 1.82) is 0 Å². The fourth-order valence-electron chi connectivity index (χ4n) is 1.98. The van der Waals surface area contributed by atoms with Crippen molar-refractivity contribution >= 4 is 11.8 Å². The molecule has 3 rings (SSSR count). The van der Waals surface area contributed by atoms with E-state index < -0.39 is 0 Å². The van der Waals surface area contributed by atoms with Crippen molar-refractivity contribution in [3.8, 4) is 17.2 Å². The second kappa shape index (κ2) is 6.70. The lowest BCUT2D eigenvalue weighted by Gasteiger charge is -1.99. The number of rotatable bonds is 6. The zero-order valence-electron chi connectivity index (χ0n) is 12.4. The van der Waals surface area contributed by atoms with Crippen LogP contribution in [0.25, 0.3) is 11.5 Å². The van der Waals surface area contributed by atoms with E-state index in [-0.39, 0.29) is 0 Å².